The largest absolute Gasteiger partial charge is 0.456 e. The van der Waals surface area contributed by atoms with Gasteiger partial charge in [0.05, 0.1) is 16.6 Å². The number of hydrogen-bond donors (Lipinski definition) is 0. The fraction of sp³-hybridized carbons (Fsp3) is 0.0476. The van der Waals surface area contributed by atoms with Gasteiger partial charge in [0.2, 0.25) is 0 Å². The van der Waals surface area contributed by atoms with Gasteiger partial charge in [-0.2, -0.15) is 0 Å². The van der Waals surface area contributed by atoms with Gasteiger partial charge < -0.3 is 13.6 Å². The smallest absolute Gasteiger partial charge is 0.135 e. The predicted octanol–water partition coefficient (Wildman–Crippen LogP) is 11.3. The van der Waals surface area contributed by atoms with Crippen molar-refractivity contribution in [2.75, 3.05) is 0 Å². The van der Waals surface area contributed by atoms with Gasteiger partial charge in [-0.15, -0.1) is 0 Å². The van der Waals surface area contributed by atoms with Gasteiger partial charge in [-0.1, -0.05) is 84.9 Å². The first-order valence-corrected chi connectivity index (χ1v) is 15.7. The minimum atomic E-state index is 0.902. The summed E-state index contributed by atoms with van der Waals surface area (Å²) in [5.41, 5.74) is 12.9. The Bertz CT molecular complexity index is 2610. The number of nitrogens with zero attached hydrogens (tertiary/aromatic N) is 2. The van der Waals surface area contributed by atoms with E-state index in [1.165, 1.54) is 60.8 Å². The van der Waals surface area contributed by atoms with Gasteiger partial charge in [0.1, 0.15) is 11.2 Å². The van der Waals surface area contributed by atoms with Crippen molar-refractivity contribution >= 4 is 60.7 Å². The van der Waals surface area contributed by atoms with Crippen LogP contribution in [0.5, 0.6) is 0 Å². The van der Waals surface area contributed by atoms with Crippen molar-refractivity contribution in [1.82, 2.24) is 9.13 Å². The highest BCUT2D eigenvalue weighted by Gasteiger charge is 2.19. The Morgan fingerprint density at radius 2 is 1.09 bits per heavy atom. The maximum atomic E-state index is 6.36. The number of para-hydroxylation sites is 3. The zero-order chi connectivity index (χ0) is 29.5. The van der Waals surface area contributed by atoms with E-state index in [4.69, 9.17) is 4.42 Å². The standard InChI is InChI=1S/C42H28N2O/c1-5-16-37-31(12-1)32-13-2-6-17-38(32)43(37)29-11-9-10-27(24-29)28-20-22-41-35(25-28)36-26-30(21-23-42(36)45-41)44-39-18-7-3-14-33(39)34-15-4-8-19-40(34)44/h1-5,7-16,18-26H,6,17H2. The molecule has 0 spiro atoms. The molecule has 0 saturated carbocycles. The number of allylic oxidation sites excluding steroid dienone is 1. The van der Waals surface area contributed by atoms with Gasteiger partial charge in [0.25, 0.3) is 0 Å². The first-order chi connectivity index (χ1) is 22.3. The molecule has 212 valence electrons. The van der Waals surface area contributed by atoms with Crippen LogP contribution >= 0.6 is 0 Å². The second-order valence-electron chi connectivity index (χ2n) is 12.1. The highest BCUT2D eigenvalue weighted by atomic mass is 16.3. The zero-order valence-electron chi connectivity index (χ0n) is 24.6. The van der Waals surface area contributed by atoms with E-state index in [0.29, 0.717) is 0 Å². The molecule has 0 fully saturated rings. The second-order valence-corrected chi connectivity index (χ2v) is 12.1. The molecule has 9 aromatic rings. The first kappa shape index (κ1) is 24.6. The minimum absolute atomic E-state index is 0.902. The van der Waals surface area contributed by atoms with E-state index < -0.39 is 0 Å². The maximum absolute atomic E-state index is 6.36. The van der Waals surface area contributed by atoms with Crippen LogP contribution in [-0.2, 0) is 6.42 Å². The summed E-state index contributed by atoms with van der Waals surface area (Å²) in [7, 11) is 0. The fourth-order valence-corrected chi connectivity index (χ4v) is 7.58. The molecule has 45 heavy (non-hydrogen) atoms. The molecule has 3 aromatic heterocycles. The van der Waals surface area contributed by atoms with Crippen molar-refractivity contribution in [3.05, 3.63) is 151 Å². The highest BCUT2D eigenvalue weighted by molar-refractivity contribution is 6.11. The third-order valence-electron chi connectivity index (χ3n) is 9.58. The lowest BCUT2D eigenvalue weighted by Gasteiger charge is -2.14. The lowest BCUT2D eigenvalue weighted by molar-refractivity contribution is 0.669. The lowest BCUT2D eigenvalue weighted by Crippen LogP contribution is -2.03. The third-order valence-corrected chi connectivity index (χ3v) is 9.58. The van der Waals surface area contributed by atoms with Crippen molar-refractivity contribution in [1.29, 1.82) is 0 Å². The van der Waals surface area contributed by atoms with Crippen LogP contribution in [0, 0.1) is 0 Å². The third kappa shape index (κ3) is 3.58. The van der Waals surface area contributed by atoms with Crippen LogP contribution in [0.15, 0.2) is 144 Å². The number of furan rings is 1. The molecule has 0 amide bonds. The molecular formula is C42H28N2O. The Balaban J connectivity index is 1.14. The molecule has 0 aliphatic heterocycles. The molecule has 6 aromatic carbocycles. The molecule has 0 unspecified atom stereocenters. The zero-order valence-corrected chi connectivity index (χ0v) is 24.6. The van der Waals surface area contributed by atoms with Crippen LogP contribution in [0.4, 0.5) is 0 Å². The Kier molecular flexibility index (Phi) is 5.11. The van der Waals surface area contributed by atoms with Crippen LogP contribution in [-0.4, -0.2) is 9.13 Å². The molecular weight excluding hydrogens is 548 g/mol. The monoisotopic (exact) mass is 576 g/mol. The summed E-state index contributed by atoms with van der Waals surface area (Å²) in [5.74, 6) is 0. The molecule has 3 heterocycles. The number of benzene rings is 6. The molecule has 1 aliphatic rings. The van der Waals surface area contributed by atoms with Crippen LogP contribution < -0.4 is 0 Å². The summed E-state index contributed by atoms with van der Waals surface area (Å²) in [4.78, 5) is 0. The van der Waals surface area contributed by atoms with E-state index in [2.05, 4.69) is 155 Å². The van der Waals surface area contributed by atoms with E-state index in [1.807, 2.05) is 0 Å². The van der Waals surface area contributed by atoms with E-state index >= 15 is 0 Å². The number of hydrogen-bond acceptors (Lipinski definition) is 1. The number of rotatable bonds is 3. The Hall–Kier alpha value is -5.80. The topological polar surface area (TPSA) is 23.0 Å². The van der Waals surface area contributed by atoms with Crippen molar-refractivity contribution in [2.24, 2.45) is 0 Å². The molecule has 3 heteroatoms. The number of aromatic nitrogens is 2. The van der Waals surface area contributed by atoms with Gasteiger partial charge in [0, 0.05) is 49.6 Å². The Morgan fingerprint density at radius 3 is 1.87 bits per heavy atom. The second kappa shape index (κ2) is 9.35. The van der Waals surface area contributed by atoms with E-state index in [9.17, 15) is 0 Å². The van der Waals surface area contributed by atoms with Gasteiger partial charge in [-0.25, -0.2) is 0 Å². The van der Waals surface area contributed by atoms with Crippen molar-refractivity contribution in [2.45, 2.75) is 12.8 Å². The molecule has 0 bridgehead atoms. The van der Waals surface area contributed by atoms with Crippen molar-refractivity contribution in [3.8, 4) is 22.5 Å². The quantitative estimate of drug-likeness (QED) is 0.205. The molecule has 3 nitrogen and oxygen atoms in total. The van der Waals surface area contributed by atoms with E-state index in [-0.39, 0.29) is 0 Å². The molecule has 0 saturated heterocycles. The summed E-state index contributed by atoms with van der Waals surface area (Å²) in [6.07, 6.45) is 6.72. The van der Waals surface area contributed by atoms with E-state index in [1.54, 1.807) is 0 Å². The molecule has 10 rings (SSSR count). The Morgan fingerprint density at radius 1 is 0.467 bits per heavy atom. The van der Waals surface area contributed by atoms with Crippen molar-refractivity contribution in [3.63, 3.8) is 0 Å². The Labute approximate surface area is 259 Å². The van der Waals surface area contributed by atoms with Gasteiger partial charge >= 0.3 is 0 Å². The molecule has 1 aliphatic carbocycles. The average molecular weight is 577 g/mol. The summed E-state index contributed by atoms with van der Waals surface area (Å²) < 4.78 is 11.2. The normalized spacial score (nSPS) is 13.1. The average Bonchev–Trinajstić information content (AvgIpc) is 3.75. The van der Waals surface area contributed by atoms with Crippen LogP contribution in [0.3, 0.4) is 0 Å². The maximum Gasteiger partial charge on any atom is 0.135 e. The predicted molar refractivity (Wildman–Crippen MR) is 188 cm³/mol. The van der Waals surface area contributed by atoms with Gasteiger partial charge in [0.15, 0.2) is 0 Å². The first-order valence-electron chi connectivity index (χ1n) is 15.7. The minimum Gasteiger partial charge on any atom is -0.456 e. The van der Waals surface area contributed by atoms with E-state index in [0.717, 1.165) is 40.5 Å². The lowest BCUT2D eigenvalue weighted by atomic mass is 10.0. The van der Waals surface area contributed by atoms with Gasteiger partial charge in [-0.3, -0.25) is 0 Å². The van der Waals surface area contributed by atoms with Crippen LogP contribution in [0.2, 0.25) is 0 Å². The SMILES string of the molecule is C1=Cc2c(n(-c3cccc(-c4ccc5oc6ccc(-n7c8ccccc8c8ccccc87)cc6c5c4)c3)c3ccccc23)CC1. The van der Waals surface area contributed by atoms with Gasteiger partial charge in [-0.05, 0) is 84.6 Å². The molecule has 0 atom stereocenters. The highest BCUT2D eigenvalue weighted by Crippen LogP contribution is 2.38. The summed E-state index contributed by atoms with van der Waals surface area (Å²) in [6.45, 7) is 0. The summed E-state index contributed by atoms with van der Waals surface area (Å²) in [5, 5.41) is 6.10. The summed E-state index contributed by atoms with van der Waals surface area (Å²) >= 11 is 0. The number of fused-ring (bicyclic) bond motifs is 9. The summed E-state index contributed by atoms with van der Waals surface area (Å²) in [6, 6.07) is 48.2. The van der Waals surface area contributed by atoms with Crippen LogP contribution in [0.25, 0.3) is 83.2 Å². The molecule has 0 radical (unpaired) electrons. The molecule has 0 N–H and O–H groups in total. The fourth-order valence-electron chi connectivity index (χ4n) is 7.58. The van der Waals surface area contributed by atoms with Crippen molar-refractivity contribution < 1.29 is 4.42 Å². The van der Waals surface area contributed by atoms with Crippen LogP contribution in [0.1, 0.15) is 17.7 Å².